The number of hydrogen-bond donors (Lipinski definition) is 0. The molecular formula is C10H7ClF3N. The quantitative estimate of drug-likeness (QED) is 0.697. The fraction of sp³-hybridized carbons (Fsp3) is 0.200. The van der Waals surface area contributed by atoms with Crippen LogP contribution in [0, 0.1) is 0 Å². The fourth-order valence-electron chi connectivity index (χ4n) is 1.45. The minimum atomic E-state index is -3.73. The van der Waals surface area contributed by atoms with Crippen molar-refractivity contribution in [3.8, 4) is 0 Å². The summed E-state index contributed by atoms with van der Waals surface area (Å²) >= 11 is 4.82. The Morgan fingerprint density at radius 1 is 1.20 bits per heavy atom. The highest BCUT2D eigenvalue weighted by atomic mass is 35.5. The standard InChI is InChI=1S/C10H7ClF3N/c11-9(12)10(13,14)15-6-5-7-3-1-2-4-8(7)15/h1-6,9H. The second kappa shape index (κ2) is 3.45. The molecule has 2 rings (SSSR count). The third kappa shape index (κ3) is 1.59. The van der Waals surface area contributed by atoms with Crippen molar-refractivity contribution in [2.75, 3.05) is 0 Å². The molecule has 0 amide bonds. The Balaban J connectivity index is 2.62. The second-order valence-electron chi connectivity index (χ2n) is 3.13. The number of hydrogen-bond acceptors (Lipinski definition) is 0. The van der Waals surface area contributed by atoms with E-state index in [4.69, 9.17) is 11.6 Å². The number of fused-ring (bicyclic) bond motifs is 1. The molecule has 1 atom stereocenters. The SMILES string of the molecule is FC(Cl)C(F)(F)n1ccc2ccccc21. The maximum Gasteiger partial charge on any atom is 0.374 e. The van der Waals surface area contributed by atoms with E-state index >= 15 is 0 Å². The van der Waals surface area contributed by atoms with Crippen LogP contribution in [0.2, 0.25) is 0 Å². The summed E-state index contributed by atoms with van der Waals surface area (Å²) < 4.78 is 39.7. The van der Waals surface area contributed by atoms with Crippen LogP contribution in [0.5, 0.6) is 0 Å². The normalized spacial score (nSPS) is 14.4. The molecule has 1 unspecified atom stereocenters. The van der Waals surface area contributed by atoms with Gasteiger partial charge in [0.1, 0.15) is 0 Å². The van der Waals surface area contributed by atoms with Gasteiger partial charge in [0, 0.05) is 6.20 Å². The van der Waals surface area contributed by atoms with E-state index in [2.05, 4.69) is 0 Å². The van der Waals surface area contributed by atoms with Crippen LogP contribution in [0.4, 0.5) is 13.2 Å². The third-order valence-corrected chi connectivity index (χ3v) is 2.45. The van der Waals surface area contributed by atoms with E-state index in [0.717, 1.165) is 6.20 Å². The Bertz CT molecular complexity index is 478. The summed E-state index contributed by atoms with van der Waals surface area (Å²) in [5.41, 5.74) is -2.49. The summed E-state index contributed by atoms with van der Waals surface area (Å²) in [4.78, 5) is 0. The molecule has 1 aromatic carbocycles. The lowest BCUT2D eigenvalue weighted by atomic mass is 10.2. The smallest absolute Gasteiger partial charge is 0.285 e. The van der Waals surface area contributed by atoms with Gasteiger partial charge in [0.25, 0.3) is 5.63 Å². The van der Waals surface area contributed by atoms with E-state index in [1.54, 1.807) is 18.2 Å². The fourth-order valence-corrected chi connectivity index (χ4v) is 1.55. The Kier molecular flexibility index (Phi) is 2.38. The number of halogens is 4. The van der Waals surface area contributed by atoms with Gasteiger partial charge in [-0.15, -0.1) is 0 Å². The first kappa shape index (κ1) is 10.4. The first-order valence-corrected chi connectivity index (χ1v) is 4.69. The van der Waals surface area contributed by atoms with Gasteiger partial charge in [0.2, 0.25) is 0 Å². The molecule has 0 N–H and O–H groups in total. The molecule has 0 aliphatic rings. The molecule has 0 fully saturated rings. The predicted octanol–water partition coefficient (Wildman–Crippen LogP) is 3.73. The summed E-state index contributed by atoms with van der Waals surface area (Å²) in [5.74, 6) is 0. The van der Waals surface area contributed by atoms with Gasteiger partial charge in [-0.3, -0.25) is 4.57 Å². The molecule has 80 valence electrons. The van der Waals surface area contributed by atoms with Crippen molar-refractivity contribution in [2.45, 2.75) is 11.7 Å². The van der Waals surface area contributed by atoms with Crippen molar-refractivity contribution in [1.29, 1.82) is 0 Å². The monoisotopic (exact) mass is 233 g/mol. The number of rotatable bonds is 2. The highest BCUT2D eigenvalue weighted by Crippen LogP contribution is 2.33. The summed E-state index contributed by atoms with van der Waals surface area (Å²) in [6.07, 6.45) is 1.12. The van der Waals surface area contributed by atoms with Crippen molar-refractivity contribution in [3.05, 3.63) is 36.5 Å². The second-order valence-corrected chi connectivity index (χ2v) is 3.52. The first-order valence-electron chi connectivity index (χ1n) is 4.26. The molecule has 2 aromatic rings. The zero-order chi connectivity index (χ0) is 11.1. The summed E-state index contributed by atoms with van der Waals surface area (Å²) in [5, 5.41) is 0.620. The molecule has 1 aromatic heterocycles. The van der Waals surface area contributed by atoms with E-state index in [1.165, 1.54) is 12.1 Å². The average Bonchev–Trinajstić information content (AvgIpc) is 2.61. The molecule has 1 heterocycles. The van der Waals surface area contributed by atoms with Gasteiger partial charge < -0.3 is 0 Å². The van der Waals surface area contributed by atoms with E-state index < -0.39 is 11.7 Å². The molecule has 5 heteroatoms. The molecule has 0 radical (unpaired) electrons. The molecule has 0 saturated heterocycles. The highest BCUT2D eigenvalue weighted by molar-refractivity contribution is 6.20. The van der Waals surface area contributed by atoms with E-state index in [0.29, 0.717) is 9.95 Å². The van der Waals surface area contributed by atoms with Gasteiger partial charge in [0.05, 0.1) is 5.52 Å². The van der Waals surface area contributed by atoms with Gasteiger partial charge >= 0.3 is 6.05 Å². The molecule has 0 bridgehead atoms. The van der Waals surface area contributed by atoms with Crippen LogP contribution >= 0.6 is 11.6 Å². The van der Waals surface area contributed by atoms with Crippen LogP contribution in [0.25, 0.3) is 10.9 Å². The van der Waals surface area contributed by atoms with Crippen molar-refractivity contribution in [3.63, 3.8) is 0 Å². The lowest BCUT2D eigenvalue weighted by Crippen LogP contribution is -2.29. The van der Waals surface area contributed by atoms with E-state index in [-0.39, 0.29) is 5.52 Å². The van der Waals surface area contributed by atoms with Gasteiger partial charge in [-0.05, 0) is 17.5 Å². The summed E-state index contributed by atoms with van der Waals surface area (Å²) in [7, 11) is 0. The van der Waals surface area contributed by atoms with Gasteiger partial charge in [-0.1, -0.05) is 29.8 Å². The Hall–Kier alpha value is -1.16. The van der Waals surface area contributed by atoms with Crippen LogP contribution in [0.1, 0.15) is 0 Å². The maximum absolute atomic E-state index is 13.3. The van der Waals surface area contributed by atoms with E-state index in [1.807, 2.05) is 0 Å². The number of para-hydroxylation sites is 1. The molecule has 0 aliphatic heterocycles. The number of benzene rings is 1. The molecule has 0 saturated carbocycles. The zero-order valence-electron chi connectivity index (χ0n) is 7.50. The van der Waals surface area contributed by atoms with Crippen LogP contribution in [-0.2, 0) is 6.05 Å². The van der Waals surface area contributed by atoms with Crippen LogP contribution < -0.4 is 0 Å². The zero-order valence-corrected chi connectivity index (χ0v) is 8.26. The average molecular weight is 234 g/mol. The largest absolute Gasteiger partial charge is 0.374 e. The third-order valence-electron chi connectivity index (χ3n) is 2.18. The number of alkyl halides is 4. The van der Waals surface area contributed by atoms with Gasteiger partial charge in [0.15, 0.2) is 0 Å². The molecule has 15 heavy (non-hydrogen) atoms. The Morgan fingerprint density at radius 3 is 2.53 bits per heavy atom. The lowest BCUT2D eigenvalue weighted by Gasteiger charge is -2.18. The lowest BCUT2D eigenvalue weighted by molar-refractivity contribution is -0.112. The van der Waals surface area contributed by atoms with Crippen molar-refractivity contribution >= 4 is 22.5 Å². The van der Waals surface area contributed by atoms with Crippen LogP contribution in [-0.4, -0.2) is 10.2 Å². The molecule has 0 aliphatic carbocycles. The molecule has 0 spiro atoms. The van der Waals surface area contributed by atoms with Gasteiger partial charge in [-0.2, -0.15) is 8.78 Å². The minimum Gasteiger partial charge on any atom is -0.285 e. The topological polar surface area (TPSA) is 4.93 Å². The highest BCUT2D eigenvalue weighted by Gasteiger charge is 2.41. The predicted molar refractivity (Wildman–Crippen MR) is 52.9 cm³/mol. The minimum absolute atomic E-state index is 0.255. The number of aromatic nitrogens is 1. The van der Waals surface area contributed by atoms with Crippen LogP contribution in [0.15, 0.2) is 36.5 Å². The molecule has 1 nitrogen and oxygen atoms in total. The molecular weight excluding hydrogens is 227 g/mol. The van der Waals surface area contributed by atoms with E-state index in [9.17, 15) is 13.2 Å². The van der Waals surface area contributed by atoms with Crippen molar-refractivity contribution in [1.82, 2.24) is 4.57 Å². The van der Waals surface area contributed by atoms with Crippen molar-refractivity contribution in [2.24, 2.45) is 0 Å². The Morgan fingerprint density at radius 2 is 1.87 bits per heavy atom. The summed E-state index contributed by atoms with van der Waals surface area (Å²) in [6.45, 7) is 0. The van der Waals surface area contributed by atoms with Gasteiger partial charge in [-0.25, -0.2) is 4.39 Å². The Labute approximate surface area is 89.1 Å². The number of nitrogens with zero attached hydrogens (tertiary/aromatic N) is 1. The van der Waals surface area contributed by atoms with Crippen LogP contribution in [0.3, 0.4) is 0 Å². The first-order chi connectivity index (χ1) is 7.03. The van der Waals surface area contributed by atoms with Crippen molar-refractivity contribution < 1.29 is 13.2 Å². The summed E-state index contributed by atoms with van der Waals surface area (Å²) in [6, 6.07) is 4.24. The maximum atomic E-state index is 13.3.